The number of ether oxygens (including phenoxy) is 1. The molecule has 0 saturated carbocycles. The lowest BCUT2D eigenvalue weighted by atomic mass is 9.80. The van der Waals surface area contributed by atoms with Crippen molar-refractivity contribution in [2.45, 2.75) is 12.5 Å². The van der Waals surface area contributed by atoms with Gasteiger partial charge in [-0.25, -0.2) is 0 Å². The molecule has 1 nitrogen and oxygen atoms in total. The molecule has 0 aliphatic carbocycles. The minimum absolute atomic E-state index is 0.599. The topological polar surface area (TPSA) is 9.23 Å². The van der Waals surface area contributed by atoms with Gasteiger partial charge in [-0.2, -0.15) is 0 Å². The van der Waals surface area contributed by atoms with Crippen LogP contribution in [-0.4, -0.2) is 6.61 Å². The van der Waals surface area contributed by atoms with E-state index in [4.69, 9.17) is 4.74 Å². The van der Waals surface area contributed by atoms with E-state index in [0.29, 0.717) is 6.61 Å². The highest BCUT2D eigenvalue weighted by molar-refractivity contribution is 9.11. The summed E-state index contributed by atoms with van der Waals surface area (Å²) >= 11 is 10.6. The van der Waals surface area contributed by atoms with Crippen LogP contribution in [0, 0.1) is 0 Å². The lowest BCUT2D eigenvalue weighted by molar-refractivity contribution is 0.0215. The van der Waals surface area contributed by atoms with Crippen LogP contribution in [0.3, 0.4) is 0 Å². The third-order valence-corrected chi connectivity index (χ3v) is 5.70. The lowest BCUT2D eigenvalue weighted by Gasteiger charge is -2.35. The van der Waals surface area contributed by atoms with E-state index in [1.165, 1.54) is 0 Å². The maximum Gasteiger partial charge on any atom is 0.143 e. The standard InChI is InChI=1S/C21H17Br3O/c1-2-25-21(15-3-9-18(22)10-4-15,16-5-11-19(23)12-6-16)17-7-13-20(24)14-8-17/h3-14H,2H2,1H3. The molecule has 0 spiro atoms. The molecule has 0 unspecified atom stereocenters. The SMILES string of the molecule is CCOC(c1ccc(Br)cc1)(c1ccc(Br)cc1)c1ccc(Br)cc1. The van der Waals surface area contributed by atoms with Crippen LogP contribution >= 0.6 is 47.8 Å². The maximum atomic E-state index is 6.46. The predicted octanol–water partition coefficient (Wildman–Crippen LogP) is 7.30. The van der Waals surface area contributed by atoms with Gasteiger partial charge in [0.25, 0.3) is 0 Å². The molecule has 0 N–H and O–H groups in total. The number of rotatable bonds is 5. The summed E-state index contributed by atoms with van der Waals surface area (Å²) in [5.41, 5.74) is 2.64. The molecular weight excluding hydrogens is 508 g/mol. The summed E-state index contributed by atoms with van der Waals surface area (Å²) < 4.78 is 9.61. The molecule has 0 saturated heterocycles. The van der Waals surface area contributed by atoms with Crippen LogP contribution in [0.1, 0.15) is 23.6 Å². The van der Waals surface area contributed by atoms with Gasteiger partial charge >= 0.3 is 0 Å². The quantitative estimate of drug-likeness (QED) is 0.318. The summed E-state index contributed by atoms with van der Waals surface area (Å²) in [4.78, 5) is 0. The Morgan fingerprint density at radius 2 is 0.880 bits per heavy atom. The second kappa shape index (κ2) is 8.17. The normalized spacial score (nSPS) is 11.5. The molecule has 0 atom stereocenters. The van der Waals surface area contributed by atoms with Gasteiger partial charge in [-0.1, -0.05) is 84.2 Å². The van der Waals surface area contributed by atoms with Gasteiger partial charge in [0, 0.05) is 20.0 Å². The third kappa shape index (κ3) is 3.92. The second-order valence-electron chi connectivity index (χ2n) is 5.63. The smallest absolute Gasteiger partial charge is 0.143 e. The van der Waals surface area contributed by atoms with Crippen LogP contribution in [0.4, 0.5) is 0 Å². The van der Waals surface area contributed by atoms with E-state index in [1.54, 1.807) is 0 Å². The van der Waals surface area contributed by atoms with Crippen molar-refractivity contribution in [2.75, 3.05) is 6.61 Å². The highest BCUT2D eigenvalue weighted by Gasteiger charge is 2.37. The van der Waals surface area contributed by atoms with Gasteiger partial charge in [0.05, 0.1) is 0 Å². The van der Waals surface area contributed by atoms with E-state index in [2.05, 4.69) is 121 Å². The van der Waals surface area contributed by atoms with Gasteiger partial charge in [0.2, 0.25) is 0 Å². The van der Waals surface area contributed by atoms with Crippen LogP contribution in [0.25, 0.3) is 0 Å². The van der Waals surface area contributed by atoms with Crippen molar-refractivity contribution < 1.29 is 4.74 Å². The molecule has 0 bridgehead atoms. The van der Waals surface area contributed by atoms with E-state index in [-0.39, 0.29) is 0 Å². The maximum absolute atomic E-state index is 6.46. The first-order valence-electron chi connectivity index (χ1n) is 7.98. The monoisotopic (exact) mass is 522 g/mol. The van der Waals surface area contributed by atoms with Crippen LogP contribution in [0.5, 0.6) is 0 Å². The molecule has 25 heavy (non-hydrogen) atoms. The number of benzene rings is 3. The second-order valence-corrected chi connectivity index (χ2v) is 8.38. The Kier molecular flexibility index (Phi) is 6.16. The zero-order valence-electron chi connectivity index (χ0n) is 13.7. The van der Waals surface area contributed by atoms with Crippen molar-refractivity contribution in [3.05, 3.63) is 103 Å². The van der Waals surface area contributed by atoms with E-state index in [1.807, 2.05) is 6.92 Å². The average molecular weight is 525 g/mol. The Balaban J connectivity index is 2.28. The van der Waals surface area contributed by atoms with Crippen LogP contribution < -0.4 is 0 Å². The summed E-state index contributed by atoms with van der Waals surface area (Å²) in [5.74, 6) is 0. The van der Waals surface area contributed by atoms with Gasteiger partial charge in [-0.15, -0.1) is 0 Å². The van der Waals surface area contributed by atoms with E-state index in [0.717, 1.165) is 30.1 Å². The number of halogens is 3. The Hall–Kier alpha value is -0.940. The molecule has 0 amide bonds. The van der Waals surface area contributed by atoms with Gasteiger partial charge in [-0.3, -0.25) is 0 Å². The Bertz CT molecular complexity index is 714. The van der Waals surface area contributed by atoms with Crippen molar-refractivity contribution in [1.29, 1.82) is 0 Å². The predicted molar refractivity (Wildman–Crippen MR) is 114 cm³/mol. The molecule has 0 aromatic heterocycles. The number of hydrogen-bond acceptors (Lipinski definition) is 1. The first-order chi connectivity index (χ1) is 12.1. The van der Waals surface area contributed by atoms with Crippen molar-refractivity contribution in [2.24, 2.45) is 0 Å². The molecular formula is C21H17Br3O. The minimum Gasteiger partial charge on any atom is -0.361 e. The van der Waals surface area contributed by atoms with E-state index < -0.39 is 5.60 Å². The first kappa shape index (κ1) is 18.8. The zero-order chi connectivity index (χ0) is 17.9. The molecule has 3 aromatic rings. The molecule has 0 radical (unpaired) electrons. The van der Waals surface area contributed by atoms with Crippen molar-refractivity contribution in [3.63, 3.8) is 0 Å². The van der Waals surface area contributed by atoms with E-state index in [9.17, 15) is 0 Å². The van der Waals surface area contributed by atoms with E-state index >= 15 is 0 Å². The Labute approximate surface area is 173 Å². The van der Waals surface area contributed by atoms with Gasteiger partial charge in [0.1, 0.15) is 5.60 Å². The molecule has 0 aliphatic rings. The molecule has 3 aromatic carbocycles. The van der Waals surface area contributed by atoms with Crippen LogP contribution in [0.2, 0.25) is 0 Å². The largest absolute Gasteiger partial charge is 0.361 e. The summed E-state index contributed by atoms with van der Waals surface area (Å²) in [6.45, 7) is 2.63. The summed E-state index contributed by atoms with van der Waals surface area (Å²) in [7, 11) is 0. The fourth-order valence-corrected chi connectivity index (χ4v) is 3.81. The average Bonchev–Trinajstić information content (AvgIpc) is 2.62. The fourth-order valence-electron chi connectivity index (χ4n) is 3.02. The highest BCUT2D eigenvalue weighted by Crippen LogP contribution is 2.41. The molecule has 3 rings (SSSR count). The minimum atomic E-state index is -0.656. The van der Waals surface area contributed by atoms with Crippen LogP contribution in [0.15, 0.2) is 86.2 Å². The van der Waals surface area contributed by atoms with Crippen molar-refractivity contribution in [3.8, 4) is 0 Å². The lowest BCUT2D eigenvalue weighted by Crippen LogP contribution is -2.33. The summed E-state index contributed by atoms with van der Waals surface area (Å²) in [6, 6.07) is 25.0. The molecule has 128 valence electrons. The van der Waals surface area contributed by atoms with Crippen molar-refractivity contribution >= 4 is 47.8 Å². The summed E-state index contributed by atoms with van der Waals surface area (Å²) in [6.07, 6.45) is 0. The molecule has 4 heteroatoms. The van der Waals surface area contributed by atoms with Crippen LogP contribution in [-0.2, 0) is 10.3 Å². The van der Waals surface area contributed by atoms with Gasteiger partial charge < -0.3 is 4.74 Å². The first-order valence-corrected chi connectivity index (χ1v) is 10.4. The third-order valence-electron chi connectivity index (χ3n) is 4.11. The van der Waals surface area contributed by atoms with Gasteiger partial charge in [-0.05, 0) is 60.0 Å². The Morgan fingerprint density at radius 3 is 1.12 bits per heavy atom. The number of hydrogen-bond donors (Lipinski definition) is 0. The molecule has 0 fully saturated rings. The zero-order valence-corrected chi connectivity index (χ0v) is 18.4. The fraction of sp³-hybridized carbons (Fsp3) is 0.143. The van der Waals surface area contributed by atoms with Gasteiger partial charge in [0.15, 0.2) is 0 Å². The molecule has 0 heterocycles. The molecule has 0 aliphatic heterocycles. The summed E-state index contributed by atoms with van der Waals surface area (Å²) in [5, 5.41) is 0. The van der Waals surface area contributed by atoms with Crippen molar-refractivity contribution in [1.82, 2.24) is 0 Å². The Morgan fingerprint density at radius 1 is 0.600 bits per heavy atom. The highest BCUT2D eigenvalue weighted by atomic mass is 79.9.